The van der Waals surface area contributed by atoms with E-state index in [9.17, 15) is 8.42 Å². The van der Waals surface area contributed by atoms with Gasteiger partial charge in [-0.1, -0.05) is 6.92 Å². The molecule has 0 unspecified atom stereocenters. The third-order valence-corrected chi connectivity index (χ3v) is 6.79. The van der Waals surface area contributed by atoms with Gasteiger partial charge in [-0.3, -0.25) is 0 Å². The van der Waals surface area contributed by atoms with Gasteiger partial charge in [-0.15, -0.1) is 0 Å². The Balaban J connectivity index is 2.17. The van der Waals surface area contributed by atoms with Crippen molar-refractivity contribution in [2.45, 2.75) is 30.7 Å². The van der Waals surface area contributed by atoms with Crippen LogP contribution in [0, 0.1) is 0 Å². The molecule has 2 rings (SSSR count). The molecule has 2 N–H and O–H groups in total. The number of rotatable bonds is 4. The predicted molar refractivity (Wildman–Crippen MR) is 88.6 cm³/mol. The number of benzene rings is 1. The normalized spacial score (nSPS) is 18.3. The maximum atomic E-state index is 12.7. The molecule has 1 aromatic carbocycles. The van der Waals surface area contributed by atoms with Crippen molar-refractivity contribution in [3.63, 3.8) is 0 Å². The molecule has 0 aromatic heterocycles. The monoisotopic (exact) mass is 375 g/mol. The van der Waals surface area contributed by atoms with E-state index in [1.54, 1.807) is 19.2 Å². The van der Waals surface area contributed by atoms with Crippen molar-refractivity contribution in [2.75, 3.05) is 32.4 Å². The standard InChI is InChI=1S/C14H22BrN3O2S/c1-3-18-8-6-11(7-9-18)17(2)21(19,20)12-4-5-13(15)14(16)10-12/h4-5,10-11H,3,6-9,16H2,1-2H3. The number of hydrogen-bond donors (Lipinski definition) is 1. The van der Waals surface area contributed by atoms with Crippen LogP contribution in [0.1, 0.15) is 19.8 Å². The smallest absolute Gasteiger partial charge is 0.243 e. The molecule has 0 aliphatic carbocycles. The Morgan fingerprint density at radius 3 is 2.52 bits per heavy atom. The molecule has 0 saturated carbocycles. The molecule has 1 fully saturated rings. The van der Waals surface area contributed by atoms with Crippen LogP contribution in [0.3, 0.4) is 0 Å². The fraction of sp³-hybridized carbons (Fsp3) is 0.571. The summed E-state index contributed by atoms with van der Waals surface area (Å²) in [6, 6.07) is 4.84. The molecule has 21 heavy (non-hydrogen) atoms. The van der Waals surface area contributed by atoms with Gasteiger partial charge in [0.05, 0.1) is 4.90 Å². The Hall–Kier alpha value is -0.630. The minimum Gasteiger partial charge on any atom is -0.398 e. The van der Waals surface area contributed by atoms with Crippen LogP contribution in [0.15, 0.2) is 27.6 Å². The molecule has 0 amide bonds. The predicted octanol–water partition coefficient (Wildman–Crippen LogP) is 2.14. The van der Waals surface area contributed by atoms with Gasteiger partial charge in [0.1, 0.15) is 0 Å². The van der Waals surface area contributed by atoms with E-state index in [0.29, 0.717) is 10.2 Å². The van der Waals surface area contributed by atoms with Crippen molar-refractivity contribution in [2.24, 2.45) is 0 Å². The highest BCUT2D eigenvalue weighted by molar-refractivity contribution is 9.10. The fourth-order valence-corrected chi connectivity index (χ4v) is 4.34. The van der Waals surface area contributed by atoms with Gasteiger partial charge in [0.2, 0.25) is 10.0 Å². The first-order valence-corrected chi connectivity index (χ1v) is 9.35. The van der Waals surface area contributed by atoms with Crippen LogP contribution in [0.5, 0.6) is 0 Å². The number of sulfonamides is 1. The summed E-state index contributed by atoms with van der Waals surface area (Å²) in [6.07, 6.45) is 1.74. The summed E-state index contributed by atoms with van der Waals surface area (Å²) in [4.78, 5) is 2.60. The summed E-state index contributed by atoms with van der Waals surface area (Å²) >= 11 is 3.29. The first kappa shape index (κ1) is 16.7. The SMILES string of the molecule is CCN1CCC(N(C)S(=O)(=O)c2ccc(Br)c(N)c2)CC1. The van der Waals surface area contributed by atoms with Gasteiger partial charge in [0, 0.05) is 23.2 Å². The lowest BCUT2D eigenvalue weighted by molar-refractivity contribution is 0.176. The molecule has 1 aliphatic rings. The van der Waals surface area contributed by atoms with Crippen molar-refractivity contribution >= 4 is 31.6 Å². The molecular formula is C14H22BrN3O2S. The summed E-state index contributed by atoms with van der Waals surface area (Å²) in [7, 11) is -1.82. The second-order valence-electron chi connectivity index (χ2n) is 5.37. The molecule has 5 nitrogen and oxygen atoms in total. The minimum absolute atomic E-state index is 0.0580. The third kappa shape index (κ3) is 3.59. The number of nitrogens with two attached hydrogens (primary N) is 1. The summed E-state index contributed by atoms with van der Waals surface area (Å²) in [5.41, 5.74) is 6.23. The molecule has 0 bridgehead atoms. The van der Waals surface area contributed by atoms with E-state index in [0.717, 1.165) is 32.5 Å². The largest absolute Gasteiger partial charge is 0.398 e. The zero-order valence-electron chi connectivity index (χ0n) is 12.4. The van der Waals surface area contributed by atoms with Crippen molar-refractivity contribution in [3.8, 4) is 0 Å². The van der Waals surface area contributed by atoms with E-state index in [-0.39, 0.29) is 10.9 Å². The molecule has 1 aromatic rings. The molecule has 118 valence electrons. The number of anilines is 1. The number of piperidine rings is 1. The summed E-state index contributed by atoms with van der Waals surface area (Å²) < 4.78 is 27.6. The van der Waals surface area contributed by atoms with Gasteiger partial charge in [-0.05, 0) is 66.6 Å². The van der Waals surface area contributed by atoms with E-state index in [4.69, 9.17) is 5.73 Å². The van der Waals surface area contributed by atoms with Crippen molar-refractivity contribution in [1.29, 1.82) is 0 Å². The van der Waals surface area contributed by atoms with Gasteiger partial charge in [0.25, 0.3) is 0 Å². The van der Waals surface area contributed by atoms with E-state index in [1.807, 2.05) is 0 Å². The van der Waals surface area contributed by atoms with Crippen LogP contribution in [0.25, 0.3) is 0 Å². The Morgan fingerprint density at radius 1 is 1.38 bits per heavy atom. The summed E-state index contributed by atoms with van der Waals surface area (Å²) in [5.74, 6) is 0. The summed E-state index contributed by atoms with van der Waals surface area (Å²) in [6.45, 7) is 5.05. The molecule has 0 spiro atoms. The number of nitrogens with zero attached hydrogens (tertiary/aromatic N) is 2. The van der Waals surface area contributed by atoms with Crippen LogP contribution >= 0.6 is 15.9 Å². The van der Waals surface area contributed by atoms with Crippen LogP contribution in [-0.4, -0.2) is 50.3 Å². The van der Waals surface area contributed by atoms with Gasteiger partial charge in [-0.2, -0.15) is 4.31 Å². The number of hydrogen-bond acceptors (Lipinski definition) is 4. The maximum absolute atomic E-state index is 12.7. The lowest BCUT2D eigenvalue weighted by atomic mass is 10.1. The zero-order valence-corrected chi connectivity index (χ0v) is 14.8. The molecule has 0 radical (unpaired) electrons. The number of likely N-dealkylation sites (tertiary alicyclic amines) is 1. The molecule has 7 heteroatoms. The Kier molecular flexibility index (Phi) is 5.29. The van der Waals surface area contributed by atoms with Gasteiger partial charge < -0.3 is 10.6 Å². The quantitative estimate of drug-likeness (QED) is 0.818. The van der Waals surface area contributed by atoms with Crippen molar-refractivity contribution < 1.29 is 8.42 Å². The van der Waals surface area contributed by atoms with E-state index in [1.165, 1.54) is 10.4 Å². The second-order valence-corrected chi connectivity index (χ2v) is 8.22. The molecule has 1 aliphatic heterocycles. The second kappa shape index (κ2) is 6.64. The van der Waals surface area contributed by atoms with E-state index < -0.39 is 10.0 Å². The number of halogens is 1. The van der Waals surface area contributed by atoms with Gasteiger partial charge in [-0.25, -0.2) is 8.42 Å². The summed E-state index contributed by atoms with van der Waals surface area (Å²) in [5, 5.41) is 0. The van der Waals surface area contributed by atoms with Crippen LogP contribution in [-0.2, 0) is 10.0 Å². The maximum Gasteiger partial charge on any atom is 0.243 e. The van der Waals surface area contributed by atoms with Crippen molar-refractivity contribution in [3.05, 3.63) is 22.7 Å². The Morgan fingerprint density at radius 2 is 2.00 bits per heavy atom. The first-order chi connectivity index (χ1) is 9.86. The van der Waals surface area contributed by atoms with Gasteiger partial charge >= 0.3 is 0 Å². The number of nitrogen functional groups attached to an aromatic ring is 1. The lowest BCUT2D eigenvalue weighted by Crippen LogP contribution is -2.45. The Labute approximate surface area is 135 Å². The average molecular weight is 376 g/mol. The van der Waals surface area contributed by atoms with Gasteiger partial charge in [0.15, 0.2) is 0 Å². The molecular weight excluding hydrogens is 354 g/mol. The van der Waals surface area contributed by atoms with Crippen molar-refractivity contribution in [1.82, 2.24) is 9.21 Å². The van der Waals surface area contributed by atoms with E-state index in [2.05, 4.69) is 27.8 Å². The van der Waals surface area contributed by atoms with Crippen LogP contribution in [0.4, 0.5) is 5.69 Å². The highest BCUT2D eigenvalue weighted by Crippen LogP contribution is 2.27. The average Bonchev–Trinajstić information content (AvgIpc) is 2.49. The first-order valence-electron chi connectivity index (χ1n) is 7.11. The highest BCUT2D eigenvalue weighted by Gasteiger charge is 2.30. The van der Waals surface area contributed by atoms with Crippen LogP contribution < -0.4 is 5.73 Å². The highest BCUT2D eigenvalue weighted by atomic mass is 79.9. The molecule has 1 heterocycles. The van der Waals surface area contributed by atoms with Crippen LogP contribution in [0.2, 0.25) is 0 Å². The van der Waals surface area contributed by atoms with E-state index >= 15 is 0 Å². The zero-order chi connectivity index (χ0) is 15.6. The molecule has 1 saturated heterocycles. The third-order valence-electron chi connectivity index (χ3n) is 4.16. The minimum atomic E-state index is -3.49. The lowest BCUT2D eigenvalue weighted by Gasteiger charge is -2.35. The fourth-order valence-electron chi connectivity index (χ4n) is 2.64. The molecule has 0 atom stereocenters. The topological polar surface area (TPSA) is 66.6 Å². The Bertz CT molecular complexity index is 598.